The lowest BCUT2D eigenvalue weighted by atomic mass is 10.0. The predicted molar refractivity (Wildman–Crippen MR) is 74.7 cm³/mol. The molecule has 1 unspecified atom stereocenters. The van der Waals surface area contributed by atoms with E-state index in [0.29, 0.717) is 19.7 Å². The van der Waals surface area contributed by atoms with E-state index in [1.165, 1.54) is 12.4 Å². The smallest absolute Gasteiger partial charge is 0.243 e. The lowest BCUT2D eigenvalue weighted by molar-refractivity contribution is 0.0250. The summed E-state index contributed by atoms with van der Waals surface area (Å²) in [7, 11) is -3.53. The van der Waals surface area contributed by atoms with E-state index in [1.807, 2.05) is 6.92 Å². The third-order valence-corrected chi connectivity index (χ3v) is 4.80. The summed E-state index contributed by atoms with van der Waals surface area (Å²) < 4.78 is 34.1. The summed E-state index contributed by atoms with van der Waals surface area (Å²) >= 11 is 0. The Labute approximate surface area is 119 Å². The molecule has 0 radical (unpaired) electrons. The molecule has 2 heterocycles. The highest BCUT2D eigenvalue weighted by Crippen LogP contribution is 2.24. The number of aromatic nitrogens is 2. The van der Waals surface area contributed by atoms with Crippen molar-refractivity contribution >= 4 is 10.0 Å². The normalized spacial score (nSPS) is 23.3. The van der Waals surface area contributed by atoms with Crippen molar-refractivity contribution < 1.29 is 13.2 Å². The fourth-order valence-electron chi connectivity index (χ4n) is 2.17. The van der Waals surface area contributed by atoms with Crippen molar-refractivity contribution in [3.05, 3.63) is 12.4 Å². The monoisotopic (exact) mass is 302 g/mol. The SMILES string of the molecule is CC1(CNS(=O)(=O)c2cnn(CCCN)c2)CCCO1. The van der Waals surface area contributed by atoms with Crippen molar-refractivity contribution in [3.8, 4) is 0 Å². The summed E-state index contributed by atoms with van der Waals surface area (Å²) in [5, 5.41) is 4.03. The molecule has 3 N–H and O–H groups in total. The molecule has 0 aromatic carbocycles. The highest BCUT2D eigenvalue weighted by Gasteiger charge is 2.31. The zero-order chi connectivity index (χ0) is 14.6. The van der Waals surface area contributed by atoms with Crippen LogP contribution in [0.5, 0.6) is 0 Å². The maximum absolute atomic E-state index is 12.2. The van der Waals surface area contributed by atoms with Gasteiger partial charge in [0.25, 0.3) is 0 Å². The van der Waals surface area contributed by atoms with Gasteiger partial charge < -0.3 is 10.5 Å². The molecule has 1 aliphatic heterocycles. The third-order valence-electron chi connectivity index (χ3n) is 3.45. The van der Waals surface area contributed by atoms with Crippen molar-refractivity contribution in [2.75, 3.05) is 19.7 Å². The lowest BCUT2D eigenvalue weighted by Crippen LogP contribution is -2.39. The summed E-state index contributed by atoms with van der Waals surface area (Å²) in [6.45, 7) is 4.06. The lowest BCUT2D eigenvalue weighted by Gasteiger charge is -2.22. The molecule has 0 saturated carbocycles. The second-order valence-corrected chi connectivity index (χ2v) is 7.07. The molecule has 1 aromatic heterocycles. The van der Waals surface area contributed by atoms with Crippen molar-refractivity contribution in [2.45, 2.75) is 43.2 Å². The Hall–Kier alpha value is -0.960. The van der Waals surface area contributed by atoms with Gasteiger partial charge in [0, 0.05) is 25.9 Å². The molecule has 1 aliphatic rings. The van der Waals surface area contributed by atoms with Crippen LogP contribution < -0.4 is 10.5 Å². The van der Waals surface area contributed by atoms with E-state index in [0.717, 1.165) is 19.3 Å². The number of nitrogens with two attached hydrogens (primary N) is 1. The van der Waals surface area contributed by atoms with Crippen LogP contribution in [0.1, 0.15) is 26.2 Å². The number of hydrogen-bond donors (Lipinski definition) is 2. The first kappa shape index (κ1) is 15.4. The van der Waals surface area contributed by atoms with Crippen LogP contribution >= 0.6 is 0 Å². The highest BCUT2D eigenvalue weighted by atomic mass is 32.2. The Morgan fingerprint density at radius 2 is 2.40 bits per heavy atom. The Kier molecular flexibility index (Phi) is 4.79. The number of sulfonamides is 1. The summed E-state index contributed by atoms with van der Waals surface area (Å²) in [4.78, 5) is 0.177. The molecule has 0 spiro atoms. The van der Waals surface area contributed by atoms with Crippen molar-refractivity contribution in [2.24, 2.45) is 5.73 Å². The van der Waals surface area contributed by atoms with Crippen molar-refractivity contribution in [1.29, 1.82) is 0 Å². The summed E-state index contributed by atoms with van der Waals surface area (Å²) in [5.41, 5.74) is 5.02. The minimum Gasteiger partial charge on any atom is -0.374 e. The molecule has 7 nitrogen and oxygen atoms in total. The number of nitrogens with one attached hydrogen (secondary N) is 1. The minimum atomic E-state index is -3.53. The third kappa shape index (κ3) is 3.78. The van der Waals surface area contributed by atoms with Gasteiger partial charge >= 0.3 is 0 Å². The van der Waals surface area contributed by atoms with Crippen LogP contribution in [0.25, 0.3) is 0 Å². The molecule has 0 amide bonds. The van der Waals surface area contributed by atoms with Gasteiger partial charge in [0.15, 0.2) is 0 Å². The van der Waals surface area contributed by atoms with Gasteiger partial charge in [-0.25, -0.2) is 13.1 Å². The summed E-state index contributed by atoms with van der Waals surface area (Å²) in [6, 6.07) is 0. The molecular weight excluding hydrogens is 280 g/mol. The van der Waals surface area contributed by atoms with E-state index in [2.05, 4.69) is 9.82 Å². The van der Waals surface area contributed by atoms with E-state index >= 15 is 0 Å². The number of nitrogens with zero attached hydrogens (tertiary/aromatic N) is 2. The molecule has 8 heteroatoms. The van der Waals surface area contributed by atoms with Gasteiger partial charge in [-0.1, -0.05) is 0 Å². The number of hydrogen-bond acceptors (Lipinski definition) is 5. The van der Waals surface area contributed by atoms with E-state index in [9.17, 15) is 8.42 Å². The van der Waals surface area contributed by atoms with Crippen LogP contribution in [0.15, 0.2) is 17.3 Å². The summed E-state index contributed by atoms with van der Waals surface area (Å²) in [5.74, 6) is 0. The molecule has 1 atom stereocenters. The number of ether oxygens (including phenoxy) is 1. The van der Waals surface area contributed by atoms with E-state index in [4.69, 9.17) is 10.5 Å². The van der Waals surface area contributed by atoms with Crippen LogP contribution in [0.3, 0.4) is 0 Å². The quantitative estimate of drug-likeness (QED) is 0.743. The van der Waals surface area contributed by atoms with E-state index in [-0.39, 0.29) is 11.4 Å². The molecule has 20 heavy (non-hydrogen) atoms. The zero-order valence-electron chi connectivity index (χ0n) is 11.7. The minimum absolute atomic E-state index is 0.177. The molecule has 0 bridgehead atoms. The Balaban J connectivity index is 1.97. The van der Waals surface area contributed by atoms with Crippen LogP contribution in [0, 0.1) is 0 Å². The fourth-order valence-corrected chi connectivity index (χ4v) is 3.27. The topological polar surface area (TPSA) is 99.2 Å². The van der Waals surface area contributed by atoms with Crippen molar-refractivity contribution in [1.82, 2.24) is 14.5 Å². The highest BCUT2D eigenvalue weighted by molar-refractivity contribution is 7.89. The molecule has 114 valence electrons. The molecule has 1 saturated heterocycles. The molecule has 1 aromatic rings. The Bertz CT molecular complexity index is 535. The average Bonchev–Trinajstić information content (AvgIpc) is 3.04. The van der Waals surface area contributed by atoms with Gasteiger partial charge in [0.05, 0.1) is 11.8 Å². The molecule has 1 fully saturated rings. The maximum atomic E-state index is 12.2. The van der Waals surface area contributed by atoms with Gasteiger partial charge in [-0.05, 0) is 32.7 Å². The standard InChI is InChI=1S/C12H22N4O3S/c1-12(4-2-7-19-12)10-15-20(17,18)11-8-14-16(9-11)6-3-5-13/h8-9,15H,2-7,10,13H2,1H3. The van der Waals surface area contributed by atoms with Gasteiger partial charge in [0.1, 0.15) is 4.90 Å². The van der Waals surface area contributed by atoms with E-state index in [1.54, 1.807) is 4.68 Å². The van der Waals surface area contributed by atoms with Gasteiger partial charge in [-0.15, -0.1) is 0 Å². The number of rotatable bonds is 7. The first-order valence-corrected chi connectivity index (χ1v) is 8.30. The van der Waals surface area contributed by atoms with Gasteiger partial charge in [0.2, 0.25) is 10.0 Å². The van der Waals surface area contributed by atoms with Crippen LogP contribution in [-0.4, -0.2) is 43.5 Å². The van der Waals surface area contributed by atoms with Crippen LogP contribution in [0.4, 0.5) is 0 Å². The van der Waals surface area contributed by atoms with Crippen molar-refractivity contribution in [3.63, 3.8) is 0 Å². The van der Waals surface area contributed by atoms with Crippen LogP contribution in [0.2, 0.25) is 0 Å². The van der Waals surface area contributed by atoms with E-state index < -0.39 is 15.6 Å². The predicted octanol–water partition coefficient (Wildman–Crippen LogP) is 0.0793. The summed E-state index contributed by atoms with van der Waals surface area (Å²) in [6.07, 6.45) is 5.48. The van der Waals surface area contributed by atoms with Crippen LogP contribution in [-0.2, 0) is 21.3 Å². The largest absolute Gasteiger partial charge is 0.374 e. The second-order valence-electron chi connectivity index (χ2n) is 5.31. The van der Waals surface area contributed by atoms with Gasteiger partial charge in [-0.3, -0.25) is 4.68 Å². The van der Waals surface area contributed by atoms with Gasteiger partial charge in [-0.2, -0.15) is 5.10 Å². The fraction of sp³-hybridized carbons (Fsp3) is 0.750. The number of aryl methyl sites for hydroxylation is 1. The average molecular weight is 302 g/mol. The molecule has 0 aliphatic carbocycles. The Morgan fingerprint density at radius 3 is 3.05 bits per heavy atom. The maximum Gasteiger partial charge on any atom is 0.243 e. The molecule has 2 rings (SSSR count). The first-order chi connectivity index (χ1) is 9.45. The molecular formula is C12H22N4O3S. The Morgan fingerprint density at radius 1 is 1.60 bits per heavy atom. The second kappa shape index (κ2) is 6.21. The zero-order valence-corrected chi connectivity index (χ0v) is 12.5. The first-order valence-electron chi connectivity index (χ1n) is 6.81.